The van der Waals surface area contributed by atoms with Crippen LogP contribution in [0.3, 0.4) is 0 Å². The Kier molecular flexibility index (Phi) is 8.29. The summed E-state index contributed by atoms with van der Waals surface area (Å²) in [7, 11) is 1.20. The molecule has 6 heteroatoms. The van der Waals surface area contributed by atoms with Gasteiger partial charge in [-0.25, -0.2) is 0 Å². The molecular weight excluding hydrogens is 210 g/mol. The fourth-order valence-electron chi connectivity index (χ4n) is 1.40. The van der Waals surface area contributed by atoms with Gasteiger partial charge in [0.1, 0.15) is 0 Å². The maximum Gasteiger partial charge on any atom is 0.317 e. The first-order valence-corrected chi connectivity index (χ1v) is 5.47. The number of rotatable bonds is 8. The predicted molar refractivity (Wildman–Crippen MR) is 59.7 cm³/mol. The zero-order valence-electron chi connectivity index (χ0n) is 9.80. The van der Waals surface area contributed by atoms with Gasteiger partial charge in [0.2, 0.25) is 0 Å². The summed E-state index contributed by atoms with van der Waals surface area (Å²) >= 11 is 0. The lowest BCUT2D eigenvalue weighted by Crippen LogP contribution is -2.33. The first kappa shape index (κ1) is 14.7. The molecule has 0 aromatic rings. The lowest BCUT2D eigenvalue weighted by molar-refractivity contribution is -0.144. The average Bonchev–Trinajstić information content (AvgIpc) is 2.30. The Balaban J connectivity index is 4.12. The summed E-state index contributed by atoms with van der Waals surface area (Å²) < 4.78 is 4.45. The minimum atomic E-state index is -1.13. The van der Waals surface area contributed by atoms with E-state index in [1.807, 2.05) is 0 Å². The van der Waals surface area contributed by atoms with Crippen molar-refractivity contribution in [3.05, 3.63) is 10.4 Å². The van der Waals surface area contributed by atoms with E-state index in [-0.39, 0.29) is 0 Å². The van der Waals surface area contributed by atoms with Gasteiger partial charge in [-0.2, -0.15) is 0 Å². The topological polar surface area (TPSA) is 95.3 Å². The third-order valence-electron chi connectivity index (χ3n) is 2.34. The Bertz CT molecular complexity index is 252. The van der Waals surface area contributed by atoms with Gasteiger partial charge >= 0.3 is 5.97 Å². The highest BCUT2D eigenvalue weighted by Gasteiger charge is 2.25. The summed E-state index contributed by atoms with van der Waals surface area (Å²) in [6.45, 7) is 2.09. The Labute approximate surface area is 95.2 Å². The lowest BCUT2D eigenvalue weighted by atomic mass is 10.0. The second-order valence-electron chi connectivity index (χ2n) is 3.59. The standard InChI is InChI=1S/C10H19N3O3/c1-3-4-5-6-7-8(14)9(12-13-11)10(15)16-2/h8-9,14H,3-7H2,1-2H3. The third-order valence-corrected chi connectivity index (χ3v) is 2.34. The Morgan fingerprint density at radius 1 is 1.50 bits per heavy atom. The van der Waals surface area contributed by atoms with Gasteiger partial charge in [0, 0.05) is 4.91 Å². The quantitative estimate of drug-likeness (QED) is 0.227. The van der Waals surface area contributed by atoms with Crippen LogP contribution in [0, 0.1) is 0 Å². The van der Waals surface area contributed by atoms with Crippen LogP contribution in [0.15, 0.2) is 5.11 Å². The minimum Gasteiger partial charge on any atom is -0.469 e. The molecule has 0 aliphatic carbocycles. The van der Waals surface area contributed by atoms with E-state index in [2.05, 4.69) is 21.7 Å². The molecule has 0 bridgehead atoms. The van der Waals surface area contributed by atoms with Gasteiger partial charge in [0.05, 0.1) is 13.2 Å². The van der Waals surface area contributed by atoms with Crippen molar-refractivity contribution in [3.63, 3.8) is 0 Å². The van der Waals surface area contributed by atoms with Gasteiger partial charge in [0.15, 0.2) is 6.04 Å². The number of methoxy groups -OCH3 is 1. The maximum absolute atomic E-state index is 11.2. The summed E-state index contributed by atoms with van der Waals surface area (Å²) in [4.78, 5) is 13.7. The minimum absolute atomic E-state index is 0.443. The molecule has 0 spiro atoms. The number of nitrogens with zero attached hydrogens (tertiary/aromatic N) is 3. The molecule has 16 heavy (non-hydrogen) atoms. The number of aliphatic hydroxyl groups is 1. The van der Waals surface area contributed by atoms with Crippen LogP contribution in [0.25, 0.3) is 10.4 Å². The van der Waals surface area contributed by atoms with Crippen LogP contribution in [0.4, 0.5) is 0 Å². The van der Waals surface area contributed by atoms with Gasteiger partial charge in [0.25, 0.3) is 0 Å². The van der Waals surface area contributed by atoms with Crippen molar-refractivity contribution in [1.82, 2.24) is 0 Å². The fraction of sp³-hybridized carbons (Fsp3) is 0.900. The van der Waals surface area contributed by atoms with Crippen molar-refractivity contribution >= 4 is 5.97 Å². The van der Waals surface area contributed by atoms with Crippen molar-refractivity contribution < 1.29 is 14.6 Å². The molecular formula is C10H19N3O3. The Morgan fingerprint density at radius 3 is 2.69 bits per heavy atom. The van der Waals surface area contributed by atoms with E-state index >= 15 is 0 Å². The number of hydrogen-bond donors (Lipinski definition) is 1. The summed E-state index contributed by atoms with van der Waals surface area (Å²) in [5.41, 5.74) is 8.28. The Morgan fingerprint density at radius 2 is 2.19 bits per heavy atom. The first-order valence-electron chi connectivity index (χ1n) is 5.47. The average molecular weight is 229 g/mol. The van der Waals surface area contributed by atoms with Crippen LogP contribution in [0.1, 0.15) is 39.0 Å². The van der Waals surface area contributed by atoms with Crippen molar-refractivity contribution in [1.29, 1.82) is 0 Å². The van der Waals surface area contributed by atoms with Crippen molar-refractivity contribution in [2.75, 3.05) is 7.11 Å². The molecule has 0 saturated heterocycles. The molecule has 0 aliphatic heterocycles. The number of esters is 1. The summed E-state index contributed by atoms with van der Waals surface area (Å²) in [5, 5.41) is 12.9. The number of unbranched alkanes of at least 4 members (excludes halogenated alkanes) is 3. The number of azide groups is 1. The number of hydrogen-bond acceptors (Lipinski definition) is 4. The highest BCUT2D eigenvalue weighted by atomic mass is 16.5. The largest absolute Gasteiger partial charge is 0.469 e. The van der Waals surface area contributed by atoms with Crippen LogP contribution in [0.2, 0.25) is 0 Å². The predicted octanol–water partition coefficient (Wildman–Crippen LogP) is 2.17. The number of carbonyl (C=O) groups is 1. The lowest BCUT2D eigenvalue weighted by Gasteiger charge is -2.15. The first-order chi connectivity index (χ1) is 7.67. The number of aliphatic hydroxyl groups excluding tert-OH is 1. The molecule has 92 valence electrons. The van der Waals surface area contributed by atoms with Crippen LogP contribution in [-0.2, 0) is 9.53 Å². The molecule has 2 atom stereocenters. The van der Waals surface area contributed by atoms with E-state index < -0.39 is 18.1 Å². The monoisotopic (exact) mass is 229 g/mol. The third kappa shape index (κ3) is 5.58. The van der Waals surface area contributed by atoms with E-state index in [1.165, 1.54) is 7.11 Å². The van der Waals surface area contributed by atoms with E-state index in [0.29, 0.717) is 6.42 Å². The fourth-order valence-corrected chi connectivity index (χ4v) is 1.40. The molecule has 0 fully saturated rings. The number of ether oxygens (including phenoxy) is 1. The summed E-state index contributed by atoms with van der Waals surface area (Å²) in [6.07, 6.45) is 3.49. The van der Waals surface area contributed by atoms with Crippen LogP contribution >= 0.6 is 0 Å². The van der Waals surface area contributed by atoms with Crippen LogP contribution in [0.5, 0.6) is 0 Å². The number of carbonyl (C=O) groups excluding carboxylic acids is 1. The highest BCUT2D eigenvalue weighted by Crippen LogP contribution is 2.11. The van der Waals surface area contributed by atoms with Crippen LogP contribution < -0.4 is 0 Å². The molecule has 0 aromatic carbocycles. The summed E-state index contributed by atoms with van der Waals surface area (Å²) in [6, 6.07) is -1.13. The molecule has 0 radical (unpaired) electrons. The second-order valence-corrected chi connectivity index (χ2v) is 3.59. The molecule has 0 heterocycles. The molecule has 2 unspecified atom stereocenters. The maximum atomic E-state index is 11.2. The SMILES string of the molecule is CCCCCCC(O)C(N=[N+]=[N-])C(=O)OC. The van der Waals surface area contributed by atoms with Gasteiger partial charge in [-0.05, 0) is 12.0 Å². The van der Waals surface area contributed by atoms with Crippen molar-refractivity contribution in [2.45, 2.75) is 51.2 Å². The zero-order valence-corrected chi connectivity index (χ0v) is 9.80. The second kappa shape index (κ2) is 9.00. The molecule has 0 aromatic heterocycles. The van der Waals surface area contributed by atoms with Gasteiger partial charge in [-0.1, -0.05) is 37.7 Å². The molecule has 0 aliphatic rings. The smallest absolute Gasteiger partial charge is 0.317 e. The molecule has 0 rings (SSSR count). The van der Waals surface area contributed by atoms with Gasteiger partial charge in [-0.3, -0.25) is 4.79 Å². The van der Waals surface area contributed by atoms with Crippen molar-refractivity contribution in [2.24, 2.45) is 5.11 Å². The van der Waals surface area contributed by atoms with Gasteiger partial charge in [-0.15, -0.1) is 0 Å². The zero-order chi connectivity index (χ0) is 12.4. The molecule has 1 N–H and O–H groups in total. The normalized spacial score (nSPS) is 13.7. The summed E-state index contributed by atoms with van der Waals surface area (Å²) in [5.74, 6) is -0.694. The van der Waals surface area contributed by atoms with E-state index in [1.54, 1.807) is 0 Å². The highest BCUT2D eigenvalue weighted by molar-refractivity contribution is 5.76. The Hall–Kier alpha value is -1.26. The van der Waals surface area contributed by atoms with Crippen molar-refractivity contribution in [3.8, 4) is 0 Å². The van der Waals surface area contributed by atoms with Crippen LogP contribution in [-0.4, -0.2) is 30.3 Å². The molecule has 0 amide bonds. The molecule has 0 saturated carbocycles. The van der Waals surface area contributed by atoms with E-state index in [9.17, 15) is 9.90 Å². The van der Waals surface area contributed by atoms with E-state index in [4.69, 9.17) is 5.53 Å². The van der Waals surface area contributed by atoms with Gasteiger partial charge < -0.3 is 9.84 Å². The van der Waals surface area contributed by atoms with E-state index in [0.717, 1.165) is 25.7 Å². The molecule has 6 nitrogen and oxygen atoms in total.